The van der Waals surface area contributed by atoms with Crippen molar-refractivity contribution < 1.29 is 18.7 Å². The van der Waals surface area contributed by atoms with E-state index in [0.29, 0.717) is 24.8 Å². The molecule has 0 spiro atoms. The Morgan fingerprint density at radius 1 is 1.43 bits per heavy atom. The molecule has 112 valence electrons. The van der Waals surface area contributed by atoms with Gasteiger partial charge in [-0.15, -0.1) is 0 Å². The summed E-state index contributed by atoms with van der Waals surface area (Å²) in [5, 5.41) is 0. The summed E-state index contributed by atoms with van der Waals surface area (Å²) in [5.41, 5.74) is 2.47. The van der Waals surface area contributed by atoms with Crippen molar-refractivity contribution in [2.75, 3.05) is 13.1 Å². The van der Waals surface area contributed by atoms with Crippen molar-refractivity contribution >= 4 is 12.4 Å². The van der Waals surface area contributed by atoms with E-state index in [-0.39, 0.29) is 13.2 Å². The molecule has 1 aliphatic rings. The molecule has 1 heterocycles. The first kappa shape index (κ1) is 15.2. The molecular formula is C16H18FNO3. The van der Waals surface area contributed by atoms with Gasteiger partial charge < -0.3 is 9.64 Å². The first-order valence-electron chi connectivity index (χ1n) is 6.85. The third-order valence-electron chi connectivity index (χ3n) is 3.48. The van der Waals surface area contributed by atoms with E-state index in [4.69, 9.17) is 4.74 Å². The molecule has 1 aromatic carbocycles. The first-order valence-corrected chi connectivity index (χ1v) is 6.85. The van der Waals surface area contributed by atoms with Crippen LogP contribution >= 0.6 is 0 Å². The third kappa shape index (κ3) is 4.15. The predicted molar refractivity (Wildman–Crippen MR) is 76.6 cm³/mol. The maximum atomic E-state index is 13.8. The van der Waals surface area contributed by atoms with Gasteiger partial charge in [-0.2, -0.15) is 0 Å². The molecule has 0 saturated carbocycles. The van der Waals surface area contributed by atoms with Crippen LogP contribution in [-0.2, 0) is 16.1 Å². The number of amides is 1. The van der Waals surface area contributed by atoms with E-state index in [9.17, 15) is 14.0 Å². The Morgan fingerprint density at radius 2 is 2.14 bits per heavy atom. The number of ether oxygens (including phenoxy) is 1. The molecule has 0 aliphatic carbocycles. The SMILES string of the molecule is Cc1ccc(COC(=O)N2CC/C(=C/C=O)C(F)C2)cc1. The van der Waals surface area contributed by atoms with Gasteiger partial charge in [-0.05, 0) is 30.6 Å². The van der Waals surface area contributed by atoms with Gasteiger partial charge in [0.15, 0.2) is 0 Å². The zero-order valence-electron chi connectivity index (χ0n) is 11.9. The van der Waals surface area contributed by atoms with Crippen LogP contribution in [0.15, 0.2) is 35.9 Å². The molecule has 0 bridgehead atoms. The maximum absolute atomic E-state index is 13.8. The number of allylic oxidation sites excluding steroid dienone is 1. The van der Waals surface area contributed by atoms with Crippen molar-refractivity contribution in [1.29, 1.82) is 0 Å². The number of hydrogen-bond acceptors (Lipinski definition) is 3. The average molecular weight is 291 g/mol. The van der Waals surface area contributed by atoms with E-state index >= 15 is 0 Å². The molecule has 1 saturated heterocycles. The number of carbonyl (C=O) groups excluding carboxylic acids is 2. The van der Waals surface area contributed by atoms with Gasteiger partial charge in [0.2, 0.25) is 0 Å². The smallest absolute Gasteiger partial charge is 0.410 e. The highest BCUT2D eigenvalue weighted by Gasteiger charge is 2.27. The summed E-state index contributed by atoms with van der Waals surface area (Å²) in [4.78, 5) is 23.6. The molecule has 1 unspecified atom stereocenters. The predicted octanol–water partition coefficient (Wildman–Crippen LogP) is 2.80. The van der Waals surface area contributed by atoms with Crippen LogP contribution in [0.3, 0.4) is 0 Å². The van der Waals surface area contributed by atoms with E-state index in [2.05, 4.69) is 0 Å². The number of rotatable bonds is 3. The van der Waals surface area contributed by atoms with Crippen LogP contribution in [0.2, 0.25) is 0 Å². The maximum Gasteiger partial charge on any atom is 0.410 e. The van der Waals surface area contributed by atoms with Crippen LogP contribution in [0.25, 0.3) is 0 Å². The molecule has 1 aliphatic heterocycles. The van der Waals surface area contributed by atoms with Crippen molar-refractivity contribution in [3.05, 3.63) is 47.0 Å². The number of halogens is 1. The van der Waals surface area contributed by atoms with Crippen molar-refractivity contribution in [1.82, 2.24) is 4.90 Å². The van der Waals surface area contributed by atoms with E-state index in [1.807, 2.05) is 31.2 Å². The summed E-state index contributed by atoms with van der Waals surface area (Å²) in [6.45, 7) is 2.46. The molecule has 21 heavy (non-hydrogen) atoms. The minimum absolute atomic E-state index is 0.0631. The van der Waals surface area contributed by atoms with Crippen molar-refractivity contribution in [3.63, 3.8) is 0 Å². The van der Waals surface area contributed by atoms with Crippen LogP contribution < -0.4 is 0 Å². The number of alkyl halides is 1. The quantitative estimate of drug-likeness (QED) is 0.635. The minimum atomic E-state index is -1.30. The molecule has 1 aromatic rings. The highest BCUT2D eigenvalue weighted by Crippen LogP contribution is 2.20. The monoisotopic (exact) mass is 291 g/mol. The van der Waals surface area contributed by atoms with Crippen molar-refractivity contribution in [3.8, 4) is 0 Å². The summed E-state index contributed by atoms with van der Waals surface area (Å²) in [6, 6.07) is 7.67. The highest BCUT2D eigenvalue weighted by atomic mass is 19.1. The van der Waals surface area contributed by atoms with Gasteiger partial charge in [-0.1, -0.05) is 29.8 Å². The molecule has 0 N–H and O–H groups in total. The summed E-state index contributed by atoms with van der Waals surface area (Å²) in [7, 11) is 0. The Labute approximate surface area is 123 Å². The summed E-state index contributed by atoms with van der Waals surface area (Å²) in [5.74, 6) is 0. The first-order chi connectivity index (χ1) is 10.1. The number of hydrogen-bond donors (Lipinski definition) is 0. The molecule has 2 rings (SSSR count). The van der Waals surface area contributed by atoms with Crippen LogP contribution in [-0.4, -0.2) is 36.5 Å². The molecule has 1 atom stereocenters. The van der Waals surface area contributed by atoms with Gasteiger partial charge in [-0.25, -0.2) is 9.18 Å². The molecule has 1 amide bonds. The average Bonchev–Trinajstić information content (AvgIpc) is 2.48. The Balaban J connectivity index is 1.85. The van der Waals surface area contributed by atoms with Crippen molar-refractivity contribution in [2.24, 2.45) is 0 Å². The third-order valence-corrected chi connectivity index (χ3v) is 3.48. The number of carbonyl (C=O) groups is 2. The summed E-state index contributed by atoms with van der Waals surface area (Å²) < 4.78 is 19.0. The Morgan fingerprint density at radius 3 is 2.76 bits per heavy atom. The Hall–Kier alpha value is -2.17. The van der Waals surface area contributed by atoms with E-state index in [1.54, 1.807) is 0 Å². The van der Waals surface area contributed by atoms with Gasteiger partial charge in [0.1, 0.15) is 19.1 Å². The van der Waals surface area contributed by atoms with E-state index < -0.39 is 12.3 Å². The molecular weight excluding hydrogens is 273 g/mol. The fourth-order valence-electron chi connectivity index (χ4n) is 2.18. The zero-order chi connectivity index (χ0) is 15.2. The second-order valence-corrected chi connectivity index (χ2v) is 5.08. The Kier molecular flexibility index (Phi) is 5.09. The van der Waals surface area contributed by atoms with Crippen LogP contribution in [0.5, 0.6) is 0 Å². The number of likely N-dealkylation sites (tertiary alicyclic amines) is 1. The number of aryl methyl sites for hydroxylation is 1. The summed E-state index contributed by atoms with van der Waals surface area (Å²) in [6.07, 6.45) is 0.353. The largest absolute Gasteiger partial charge is 0.445 e. The van der Waals surface area contributed by atoms with Crippen molar-refractivity contribution in [2.45, 2.75) is 26.1 Å². The van der Waals surface area contributed by atoms with Gasteiger partial charge in [-0.3, -0.25) is 4.79 Å². The number of benzene rings is 1. The van der Waals surface area contributed by atoms with Crippen LogP contribution in [0, 0.1) is 6.92 Å². The molecule has 0 aromatic heterocycles. The van der Waals surface area contributed by atoms with E-state index in [0.717, 1.165) is 11.1 Å². The standard InChI is InChI=1S/C16H18FNO3/c1-12-2-4-13(5-3-12)11-21-16(20)18-8-6-14(7-9-19)15(17)10-18/h2-5,7,9,15H,6,8,10-11H2,1H3/b14-7-. The highest BCUT2D eigenvalue weighted by molar-refractivity contribution is 5.69. The second kappa shape index (κ2) is 7.02. The number of nitrogens with zero attached hydrogens (tertiary/aromatic N) is 1. The molecule has 0 radical (unpaired) electrons. The lowest BCUT2D eigenvalue weighted by atomic mass is 10.0. The lowest BCUT2D eigenvalue weighted by Gasteiger charge is -2.30. The second-order valence-electron chi connectivity index (χ2n) is 5.08. The fraction of sp³-hybridized carbons (Fsp3) is 0.375. The topological polar surface area (TPSA) is 46.6 Å². The molecule has 5 heteroatoms. The van der Waals surface area contributed by atoms with Gasteiger partial charge >= 0.3 is 6.09 Å². The fourth-order valence-corrected chi connectivity index (χ4v) is 2.18. The lowest BCUT2D eigenvalue weighted by molar-refractivity contribution is -0.104. The van der Waals surface area contributed by atoms with Crippen LogP contribution in [0.1, 0.15) is 17.5 Å². The zero-order valence-corrected chi connectivity index (χ0v) is 11.9. The summed E-state index contributed by atoms with van der Waals surface area (Å²) >= 11 is 0. The van der Waals surface area contributed by atoms with Gasteiger partial charge in [0.05, 0.1) is 6.54 Å². The van der Waals surface area contributed by atoms with Gasteiger partial charge in [0.25, 0.3) is 0 Å². The number of piperidine rings is 1. The molecule has 1 fully saturated rings. The van der Waals surface area contributed by atoms with Crippen LogP contribution in [0.4, 0.5) is 9.18 Å². The molecule has 4 nitrogen and oxygen atoms in total. The van der Waals surface area contributed by atoms with E-state index in [1.165, 1.54) is 11.0 Å². The lowest BCUT2D eigenvalue weighted by Crippen LogP contribution is -2.42. The Bertz CT molecular complexity index is 539. The normalized spacial score (nSPS) is 20.4. The van der Waals surface area contributed by atoms with Gasteiger partial charge in [0, 0.05) is 6.54 Å². The number of aldehydes is 1. The minimum Gasteiger partial charge on any atom is -0.445 e.